The first-order chi connectivity index (χ1) is 7.68. The van der Waals surface area contributed by atoms with Gasteiger partial charge in [0, 0.05) is 19.6 Å². The van der Waals surface area contributed by atoms with Crippen molar-refractivity contribution < 1.29 is 4.79 Å². The second kappa shape index (κ2) is 4.66. The molecule has 3 nitrogen and oxygen atoms in total. The van der Waals surface area contributed by atoms with Gasteiger partial charge in [-0.1, -0.05) is 30.3 Å². The van der Waals surface area contributed by atoms with E-state index >= 15 is 0 Å². The van der Waals surface area contributed by atoms with Crippen molar-refractivity contribution in [3.05, 3.63) is 35.9 Å². The topological polar surface area (TPSA) is 32.3 Å². The van der Waals surface area contributed by atoms with Crippen LogP contribution in [0.25, 0.3) is 0 Å². The lowest BCUT2D eigenvalue weighted by molar-refractivity contribution is -0.128. The lowest BCUT2D eigenvalue weighted by atomic mass is 10.1. The highest BCUT2D eigenvalue weighted by molar-refractivity contribution is 5.83. The minimum atomic E-state index is -0.0137. The van der Waals surface area contributed by atoms with Crippen LogP contribution in [0.5, 0.6) is 0 Å². The Kier molecular flexibility index (Phi) is 3.25. The van der Waals surface area contributed by atoms with E-state index < -0.39 is 0 Å². The molecule has 1 saturated heterocycles. The summed E-state index contributed by atoms with van der Waals surface area (Å²) in [6.45, 7) is 2.96. The Morgan fingerprint density at radius 3 is 2.62 bits per heavy atom. The number of nitrogens with one attached hydrogen (secondary N) is 1. The Morgan fingerprint density at radius 1 is 1.38 bits per heavy atom. The van der Waals surface area contributed by atoms with Gasteiger partial charge in [0.1, 0.15) is 0 Å². The molecule has 0 aliphatic carbocycles. The normalized spacial score (nSPS) is 22.5. The van der Waals surface area contributed by atoms with Gasteiger partial charge in [-0.15, -0.1) is 0 Å². The lowest BCUT2D eigenvalue weighted by Crippen LogP contribution is -2.38. The van der Waals surface area contributed by atoms with Crippen LogP contribution in [-0.2, 0) is 4.79 Å². The van der Waals surface area contributed by atoms with Crippen molar-refractivity contribution in [3.63, 3.8) is 0 Å². The molecule has 2 atom stereocenters. The summed E-state index contributed by atoms with van der Waals surface area (Å²) >= 11 is 0. The Bertz CT molecular complexity index is 363. The lowest BCUT2D eigenvalue weighted by Gasteiger charge is -2.18. The van der Waals surface area contributed by atoms with E-state index in [1.165, 1.54) is 5.56 Å². The van der Waals surface area contributed by atoms with Crippen molar-refractivity contribution in [2.24, 2.45) is 0 Å². The predicted molar refractivity (Wildman–Crippen MR) is 64.0 cm³/mol. The van der Waals surface area contributed by atoms with Crippen LogP contribution in [-0.4, -0.2) is 30.4 Å². The summed E-state index contributed by atoms with van der Waals surface area (Å²) in [4.78, 5) is 13.5. The number of hydrogen-bond acceptors (Lipinski definition) is 2. The first kappa shape index (κ1) is 11.1. The van der Waals surface area contributed by atoms with Crippen molar-refractivity contribution in [3.8, 4) is 0 Å². The Hall–Kier alpha value is -1.35. The van der Waals surface area contributed by atoms with E-state index in [2.05, 4.69) is 24.4 Å². The third-order valence-electron chi connectivity index (χ3n) is 3.18. The molecule has 1 amide bonds. The molecule has 1 N–H and O–H groups in total. The molecule has 1 fully saturated rings. The summed E-state index contributed by atoms with van der Waals surface area (Å²) in [5, 5.41) is 3.38. The molecule has 1 aromatic rings. The molecule has 3 heteroatoms. The number of likely N-dealkylation sites (tertiary alicyclic amines) is 1. The second-order valence-corrected chi connectivity index (χ2v) is 4.40. The fourth-order valence-electron chi connectivity index (χ4n) is 2.12. The number of carbonyl (C=O) groups excluding carboxylic acids is 1. The van der Waals surface area contributed by atoms with Gasteiger partial charge in [-0.25, -0.2) is 0 Å². The standard InChI is InChI=1S/C13H18N2O/c1-10(11-6-4-3-5-7-11)14-12-8-9-15(2)13(12)16/h3-7,10,12,14H,8-9H2,1-2H3. The first-order valence-electron chi connectivity index (χ1n) is 5.74. The smallest absolute Gasteiger partial charge is 0.239 e. The molecule has 16 heavy (non-hydrogen) atoms. The highest BCUT2D eigenvalue weighted by atomic mass is 16.2. The van der Waals surface area contributed by atoms with Crippen LogP contribution >= 0.6 is 0 Å². The summed E-state index contributed by atoms with van der Waals surface area (Å²) in [6.07, 6.45) is 0.909. The number of likely N-dealkylation sites (N-methyl/N-ethyl adjacent to an activating group) is 1. The maximum absolute atomic E-state index is 11.7. The fraction of sp³-hybridized carbons (Fsp3) is 0.462. The molecule has 2 unspecified atom stereocenters. The average Bonchev–Trinajstić information content (AvgIpc) is 2.62. The number of carbonyl (C=O) groups is 1. The van der Waals surface area contributed by atoms with Crippen LogP contribution in [0.2, 0.25) is 0 Å². The maximum atomic E-state index is 11.7. The molecule has 2 rings (SSSR count). The quantitative estimate of drug-likeness (QED) is 0.835. The Labute approximate surface area is 96.5 Å². The third kappa shape index (κ3) is 2.25. The zero-order valence-electron chi connectivity index (χ0n) is 9.81. The van der Waals surface area contributed by atoms with Crippen LogP contribution in [0.4, 0.5) is 0 Å². The summed E-state index contributed by atoms with van der Waals surface area (Å²) < 4.78 is 0. The van der Waals surface area contributed by atoms with Crippen LogP contribution < -0.4 is 5.32 Å². The highest BCUT2D eigenvalue weighted by Crippen LogP contribution is 2.16. The van der Waals surface area contributed by atoms with Crippen LogP contribution in [0.15, 0.2) is 30.3 Å². The number of benzene rings is 1. The van der Waals surface area contributed by atoms with Crippen LogP contribution in [0.1, 0.15) is 24.9 Å². The van der Waals surface area contributed by atoms with E-state index in [0.29, 0.717) is 0 Å². The molecule has 0 spiro atoms. The number of nitrogens with zero attached hydrogens (tertiary/aromatic N) is 1. The van der Waals surface area contributed by atoms with Gasteiger partial charge in [-0.05, 0) is 18.9 Å². The van der Waals surface area contributed by atoms with E-state index in [1.807, 2.05) is 25.2 Å². The van der Waals surface area contributed by atoms with Gasteiger partial charge in [0.15, 0.2) is 0 Å². The molecular weight excluding hydrogens is 200 g/mol. The zero-order valence-corrected chi connectivity index (χ0v) is 9.81. The van der Waals surface area contributed by atoms with Crippen molar-refractivity contribution in [2.75, 3.05) is 13.6 Å². The second-order valence-electron chi connectivity index (χ2n) is 4.40. The van der Waals surface area contributed by atoms with Gasteiger partial charge in [0.25, 0.3) is 0 Å². The molecule has 1 aliphatic heterocycles. The van der Waals surface area contributed by atoms with Crippen LogP contribution in [0, 0.1) is 0 Å². The minimum Gasteiger partial charge on any atom is -0.344 e. The van der Waals surface area contributed by atoms with Crippen molar-refractivity contribution in [2.45, 2.75) is 25.4 Å². The van der Waals surface area contributed by atoms with Gasteiger partial charge in [-0.2, -0.15) is 0 Å². The fourth-order valence-corrected chi connectivity index (χ4v) is 2.12. The molecular formula is C13H18N2O. The molecule has 1 heterocycles. The molecule has 0 aromatic heterocycles. The number of amides is 1. The summed E-state index contributed by atoms with van der Waals surface area (Å²) in [5.41, 5.74) is 1.23. The predicted octanol–water partition coefficient (Wildman–Crippen LogP) is 1.57. The molecule has 1 aliphatic rings. The van der Waals surface area contributed by atoms with Crippen molar-refractivity contribution in [1.82, 2.24) is 10.2 Å². The minimum absolute atomic E-state index is 0.0137. The number of rotatable bonds is 3. The van der Waals surface area contributed by atoms with E-state index in [-0.39, 0.29) is 18.0 Å². The Balaban J connectivity index is 1.98. The SMILES string of the molecule is CC(NC1CCN(C)C1=O)c1ccccc1. The molecule has 86 valence electrons. The molecule has 0 saturated carbocycles. The summed E-state index contributed by atoms with van der Waals surface area (Å²) in [7, 11) is 1.86. The van der Waals surface area contributed by atoms with E-state index in [4.69, 9.17) is 0 Å². The van der Waals surface area contributed by atoms with Gasteiger partial charge in [0.05, 0.1) is 6.04 Å². The monoisotopic (exact) mass is 218 g/mol. The summed E-state index contributed by atoms with van der Waals surface area (Å²) in [5.74, 6) is 0.211. The van der Waals surface area contributed by atoms with Gasteiger partial charge < -0.3 is 4.90 Å². The first-order valence-corrected chi connectivity index (χ1v) is 5.74. The number of hydrogen-bond donors (Lipinski definition) is 1. The van der Waals surface area contributed by atoms with Crippen molar-refractivity contribution in [1.29, 1.82) is 0 Å². The maximum Gasteiger partial charge on any atom is 0.239 e. The van der Waals surface area contributed by atoms with Gasteiger partial charge >= 0.3 is 0 Å². The third-order valence-corrected chi connectivity index (χ3v) is 3.18. The molecule has 1 aromatic carbocycles. The van der Waals surface area contributed by atoms with E-state index in [9.17, 15) is 4.79 Å². The van der Waals surface area contributed by atoms with Gasteiger partial charge in [-0.3, -0.25) is 10.1 Å². The zero-order chi connectivity index (χ0) is 11.5. The van der Waals surface area contributed by atoms with Crippen molar-refractivity contribution >= 4 is 5.91 Å². The highest BCUT2D eigenvalue weighted by Gasteiger charge is 2.29. The van der Waals surface area contributed by atoms with E-state index in [1.54, 1.807) is 4.90 Å². The molecule has 0 bridgehead atoms. The van der Waals surface area contributed by atoms with Crippen LogP contribution in [0.3, 0.4) is 0 Å². The van der Waals surface area contributed by atoms with Gasteiger partial charge in [0.2, 0.25) is 5.91 Å². The average molecular weight is 218 g/mol. The van der Waals surface area contributed by atoms with E-state index in [0.717, 1.165) is 13.0 Å². The summed E-state index contributed by atoms with van der Waals surface area (Å²) in [6, 6.07) is 10.4. The largest absolute Gasteiger partial charge is 0.344 e. The molecule has 0 radical (unpaired) electrons. The Morgan fingerprint density at radius 2 is 2.06 bits per heavy atom.